The number of carbonyl (C=O) groups is 6. The number of Topliss-reactive ketones (excluding diaryl/α,β-unsaturated/α-hetero) is 2. The third-order valence-corrected chi connectivity index (χ3v) is 11.3. The smallest absolute Gasteiger partial charge is 0.258 e. The van der Waals surface area contributed by atoms with Gasteiger partial charge in [0, 0.05) is 38.4 Å². The summed E-state index contributed by atoms with van der Waals surface area (Å²) in [6.07, 6.45) is 0.199. The normalized spacial score (nSPS) is 12.9. The standard InChI is InChI=1S/C50H49Cl5N8O8/c1-7-70-41-13-9-11-38(26(3)52)45(41)58-47(66)31-19-33(54)24-36(22-31)60-62-43(28(5)64)49(68)56-35-15-16-40(30(21-35)17-18-51)57-50(69)44(29(6)65)63-61-37-23-32(20-34(55)25-37)48(67)59-46-39(27(4)53)12-10-14-42(46)71-8-2/h9-16,19-27,43-44H,7-8,17-18H2,1-6H3,(H,56,68)(H,57,69)(H,58,66)(H,59,67). The van der Waals surface area contributed by atoms with Crippen LogP contribution in [0.25, 0.3) is 0 Å². The van der Waals surface area contributed by atoms with Crippen molar-refractivity contribution in [3.8, 4) is 11.5 Å². The number of nitrogens with zero attached hydrogens (tertiary/aromatic N) is 4. The van der Waals surface area contributed by atoms with Crippen LogP contribution in [0.15, 0.2) is 111 Å². The molecule has 4 unspecified atom stereocenters. The molecule has 4 atom stereocenters. The van der Waals surface area contributed by atoms with Gasteiger partial charge in [-0.1, -0.05) is 47.5 Å². The maximum atomic E-state index is 13.6. The molecular formula is C50H49Cl5N8O8. The van der Waals surface area contributed by atoms with Crippen molar-refractivity contribution in [2.45, 2.75) is 70.8 Å². The SMILES string of the molecule is CCOc1cccc(C(C)Cl)c1NC(=O)c1cc(Cl)cc(N=NC(C(C)=O)C(=O)Nc2ccc(NC(=O)C(N=Nc3cc(Cl)cc(C(=O)Nc4c(OCC)cccc4C(C)Cl)c3)C(C)=O)c(CCCl)c2)c1. The molecule has 0 aliphatic heterocycles. The summed E-state index contributed by atoms with van der Waals surface area (Å²) in [7, 11) is 0. The molecule has 0 aliphatic carbocycles. The summed E-state index contributed by atoms with van der Waals surface area (Å²) in [4.78, 5) is 79.7. The highest BCUT2D eigenvalue weighted by atomic mass is 35.5. The molecule has 16 nitrogen and oxygen atoms in total. The number of rotatable bonds is 22. The Bertz CT molecular complexity index is 2880. The number of para-hydroxylation sites is 2. The van der Waals surface area contributed by atoms with Gasteiger partial charge in [0.1, 0.15) is 11.5 Å². The summed E-state index contributed by atoms with van der Waals surface area (Å²) < 4.78 is 11.4. The molecule has 0 aromatic heterocycles. The summed E-state index contributed by atoms with van der Waals surface area (Å²) in [6.45, 7) is 10.1. The van der Waals surface area contributed by atoms with Gasteiger partial charge < -0.3 is 30.7 Å². The van der Waals surface area contributed by atoms with Gasteiger partial charge >= 0.3 is 0 Å². The van der Waals surface area contributed by atoms with Crippen LogP contribution < -0.4 is 30.7 Å². The summed E-state index contributed by atoms with van der Waals surface area (Å²) in [5.74, 6) is -3.15. The molecule has 0 fully saturated rings. The van der Waals surface area contributed by atoms with E-state index in [0.717, 1.165) is 13.8 Å². The molecule has 0 spiro atoms. The van der Waals surface area contributed by atoms with Gasteiger partial charge in [-0.2, -0.15) is 20.5 Å². The van der Waals surface area contributed by atoms with E-state index in [2.05, 4.69) is 41.7 Å². The van der Waals surface area contributed by atoms with Gasteiger partial charge in [0.05, 0.1) is 46.7 Å². The maximum absolute atomic E-state index is 13.6. The number of ketones is 2. The number of alkyl halides is 3. The molecule has 0 bridgehead atoms. The molecule has 0 radical (unpaired) electrons. The zero-order chi connectivity index (χ0) is 51.9. The first-order valence-corrected chi connectivity index (χ1v) is 24.2. The third-order valence-electron chi connectivity index (χ3n) is 10.2. The van der Waals surface area contributed by atoms with Gasteiger partial charge in [-0.3, -0.25) is 28.8 Å². The lowest BCUT2D eigenvalue weighted by atomic mass is 10.1. The Kier molecular flexibility index (Phi) is 20.4. The van der Waals surface area contributed by atoms with Crippen LogP contribution in [0.1, 0.15) is 89.7 Å². The number of azo groups is 2. The van der Waals surface area contributed by atoms with Gasteiger partial charge in [-0.25, -0.2) is 0 Å². The van der Waals surface area contributed by atoms with E-state index in [-0.39, 0.29) is 56.2 Å². The quantitative estimate of drug-likeness (QED) is 0.0296. The molecule has 0 saturated heterocycles. The van der Waals surface area contributed by atoms with Crippen LogP contribution in [0.4, 0.5) is 34.1 Å². The van der Waals surface area contributed by atoms with Crippen LogP contribution in [0.5, 0.6) is 11.5 Å². The van der Waals surface area contributed by atoms with E-state index in [4.69, 9.17) is 67.5 Å². The highest BCUT2D eigenvalue weighted by molar-refractivity contribution is 6.32. The van der Waals surface area contributed by atoms with Crippen molar-refractivity contribution in [1.82, 2.24) is 0 Å². The van der Waals surface area contributed by atoms with Crippen molar-refractivity contribution in [2.24, 2.45) is 20.5 Å². The second kappa shape index (κ2) is 26.1. The molecular weight excluding hydrogens is 1020 g/mol. The molecule has 4 amide bonds. The molecule has 21 heteroatoms. The number of aryl methyl sites for hydroxylation is 1. The van der Waals surface area contributed by atoms with E-state index in [9.17, 15) is 28.8 Å². The zero-order valence-corrected chi connectivity index (χ0v) is 43.0. The first-order chi connectivity index (χ1) is 33.8. The third kappa shape index (κ3) is 15.3. The number of benzene rings is 5. The van der Waals surface area contributed by atoms with Crippen molar-refractivity contribution < 1.29 is 38.2 Å². The van der Waals surface area contributed by atoms with Gasteiger partial charge in [-0.15, -0.1) is 34.8 Å². The predicted octanol–water partition coefficient (Wildman–Crippen LogP) is 13.0. The van der Waals surface area contributed by atoms with Crippen LogP contribution in [0.3, 0.4) is 0 Å². The monoisotopic (exact) mass is 1060 g/mol. The fraction of sp³-hybridized carbons (Fsp3) is 0.280. The Morgan fingerprint density at radius 1 is 0.592 bits per heavy atom. The Morgan fingerprint density at radius 2 is 1.04 bits per heavy atom. The fourth-order valence-electron chi connectivity index (χ4n) is 6.87. The fourth-order valence-corrected chi connectivity index (χ4v) is 7.90. The number of nitrogens with one attached hydrogen (secondary N) is 4. The molecule has 0 aliphatic rings. The number of amides is 4. The number of carbonyl (C=O) groups excluding carboxylic acids is 6. The van der Waals surface area contributed by atoms with Crippen LogP contribution in [0, 0.1) is 0 Å². The highest BCUT2D eigenvalue weighted by Gasteiger charge is 2.27. The average Bonchev–Trinajstić information content (AvgIpc) is 3.30. The molecule has 5 aromatic carbocycles. The Balaban J connectivity index is 1.30. The lowest BCUT2D eigenvalue weighted by Crippen LogP contribution is -2.32. The van der Waals surface area contributed by atoms with E-state index in [1.54, 1.807) is 50.2 Å². The number of anilines is 4. The van der Waals surface area contributed by atoms with Gasteiger partial charge in [0.25, 0.3) is 23.6 Å². The summed E-state index contributed by atoms with van der Waals surface area (Å²) in [5, 5.41) is 26.6. The van der Waals surface area contributed by atoms with Gasteiger partial charge in [-0.05, 0) is 131 Å². The molecule has 372 valence electrons. The number of hydrogen-bond acceptors (Lipinski definition) is 12. The van der Waals surface area contributed by atoms with Gasteiger partial charge in [0.2, 0.25) is 12.1 Å². The highest BCUT2D eigenvalue weighted by Crippen LogP contribution is 2.38. The topological polar surface area (TPSA) is 218 Å². The second-order valence-electron chi connectivity index (χ2n) is 15.6. The number of ether oxygens (including phenoxy) is 2. The average molecular weight is 1070 g/mol. The van der Waals surface area contributed by atoms with Crippen LogP contribution >= 0.6 is 58.0 Å². The van der Waals surface area contributed by atoms with E-state index >= 15 is 0 Å². The minimum atomic E-state index is -1.63. The maximum Gasteiger partial charge on any atom is 0.258 e. The summed E-state index contributed by atoms with van der Waals surface area (Å²) in [6, 6.07) is 20.1. The number of halogens is 5. The minimum absolute atomic E-state index is 0.0774. The second-order valence-corrected chi connectivity index (χ2v) is 18.2. The van der Waals surface area contributed by atoms with Crippen molar-refractivity contribution >= 4 is 127 Å². The Morgan fingerprint density at radius 3 is 1.45 bits per heavy atom. The van der Waals surface area contributed by atoms with Crippen molar-refractivity contribution in [1.29, 1.82) is 0 Å². The van der Waals surface area contributed by atoms with E-state index in [1.807, 2.05) is 13.8 Å². The summed E-state index contributed by atoms with van der Waals surface area (Å²) >= 11 is 31.7. The lowest BCUT2D eigenvalue weighted by Gasteiger charge is -2.17. The van der Waals surface area contributed by atoms with Gasteiger partial charge in [0.15, 0.2) is 11.6 Å². The summed E-state index contributed by atoms with van der Waals surface area (Å²) in [5.41, 5.74) is 3.30. The van der Waals surface area contributed by atoms with E-state index in [1.165, 1.54) is 54.6 Å². The van der Waals surface area contributed by atoms with Crippen molar-refractivity contribution in [3.63, 3.8) is 0 Å². The molecule has 4 N–H and O–H groups in total. The van der Waals surface area contributed by atoms with E-state index in [0.29, 0.717) is 52.8 Å². The molecule has 71 heavy (non-hydrogen) atoms. The first-order valence-electron chi connectivity index (χ1n) is 22.0. The van der Waals surface area contributed by atoms with Crippen LogP contribution in [-0.2, 0) is 25.6 Å². The van der Waals surface area contributed by atoms with Crippen LogP contribution in [-0.4, -0.2) is 66.4 Å². The Hall–Kier alpha value is -6.43. The molecule has 0 saturated carbocycles. The molecule has 0 heterocycles. The first kappa shape index (κ1) is 55.5. The molecule has 5 rings (SSSR count). The van der Waals surface area contributed by atoms with Crippen LogP contribution in [0.2, 0.25) is 10.0 Å². The Labute approximate surface area is 435 Å². The largest absolute Gasteiger partial charge is 0.492 e. The lowest BCUT2D eigenvalue weighted by molar-refractivity contribution is -0.127. The van der Waals surface area contributed by atoms with Crippen molar-refractivity contribution in [2.75, 3.05) is 40.4 Å². The van der Waals surface area contributed by atoms with Crippen molar-refractivity contribution in [3.05, 3.63) is 129 Å². The predicted molar refractivity (Wildman–Crippen MR) is 279 cm³/mol. The minimum Gasteiger partial charge on any atom is -0.492 e. The zero-order valence-electron chi connectivity index (χ0n) is 39.2. The molecule has 5 aromatic rings. The number of hydrogen-bond donors (Lipinski definition) is 4. The van der Waals surface area contributed by atoms with E-state index < -0.39 is 58.0 Å².